The lowest BCUT2D eigenvalue weighted by atomic mass is 9.84. The van der Waals surface area contributed by atoms with E-state index < -0.39 is 0 Å². The number of likely N-dealkylation sites (N-methyl/N-ethyl adjacent to an activating group) is 1. The zero-order chi connectivity index (χ0) is 25.1. The van der Waals surface area contributed by atoms with Gasteiger partial charge in [0.15, 0.2) is 11.5 Å². The number of piperidine rings is 1. The summed E-state index contributed by atoms with van der Waals surface area (Å²) in [7, 11) is 3.50. The Morgan fingerprint density at radius 3 is 2.72 bits per heavy atom. The van der Waals surface area contributed by atoms with Gasteiger partial charge in [-0.05, 0) is 74.3 Å². The Labute approximate surface area is 211 Å². The molecule has 1 aromatic carbocycles. The van der Waals surface area contributed by atoms with Crippen LogP contribution in [0.25, 0.3) is 0 Å². The number of aromatic nitrogens is 1. The van der Waals surface area contributed by atoms with E-state index in [1.165, 1.54) is 6.26 Å². The van der Waals surface area contributed by atoms with Crippen molar-refractivity contribution in [3.05, 3.63) is 71.0 Å². The van der Waals surface area contributed by atoms with Crippen LogP contribution in [0, 0.1) is 5.92 Å². The Hall–Kier alpha value is -3.55. The smallest absolute Gasteiger partial charge is 0.289 e. The Morgan fingerprint density at radius 2 is 1.97 bits per heavy atom. The summed E-state index contributed by atoms with van der Waals surface area (Å²) in [6.07, 6.45) is 7.68. The Bertz CT molecular complexity index is 1190. The van der Waals surface area contributed by atoms with Crippen molar-refractivity contribution >= 4 is 11.8 Å². The fraction of sp³-hybridized carbons (Fsp3) is 0.464. The number of ether oxygens (including phenoxy) is 1. The molecule has 2 aromatic heterocycles. The van der Waals surface area contributed by atoms with Crippen LogP contribution >= 0.6 is 0 Å². The maximum absolute atomic E-state index is 13.3. The molecule has 5 rings (SSSR count). The van der Waals surface area contributed by atoms with Crippen LogP contribution in [0.2, 0.25) is 0 Å². The molecule has 8 heteroatoms. The molecule has 0 spiro atoms. The average Bonchev–Trinajstić information content (AvgIpc) is 3.61. The van der Waals surface area contributed by atoms with Gasteiger partial charge in [0, 0.05) is 38.2 Å². The summed E-state index contributed by atoms with van der Waals surface area (Å²) in [4.78, 5) is 30.2. The number of rotatable bonds is 7. The quantitative estimate of drug-likeness (QED) is 0.487. The number of fused-ring (bicyclic) bond motifs is 1. The number of furan rings is 1. The van der Waals surface area contributed by atoms with E-state index in [0.717, 1.165) is 61.2 Å². The van der Waals surface area contributed by atoms with E-state index in [1.807, 2.05) is 30.1 Å². The number of hydrogen-bond acceptors (Lipinski definition) is 6. The molecular formula is C28H33N3O5. The number of likely N-dealkylation sites (tertiary alicyclic amines) is 1. The first-order valence-corrected chi connectivity index (χ1v) is 12.8. The van der Waals surface area contributed by atoms with Gasteiger partial charge < -0.3 is 23.5 Å². The Morgan fingerprint density at radius 1 is 1.17 bits per heavy atom. The topological polar surface area (TPSA) is 89.0 Å². The minimum absolute atomic E-state index is 0.0373. The maximum atomic E-state index is 13.3. The lowest BCUT2D eigenvalue weighted by molar-refractivity contribution is 0.0500. The molecule has 2 aliphatic rings. The number of aryl methyl sites for hydroxylation is 1. The van der Waals surface area contributed by atoms with E-state index >= 15 is 0 Å². The van der Waals surface area contributed by atoms with Crippen molar-refractivity contribution in [1.82, 2.24) is 15.0 Å². The van der Waals surface area contributed by atoms with E-state index in [4.69, 9.17) is 13.7 Å². The summed E-state index contributed by atoms with van der Waals surface area (Å²) in [6.45, 7) is 1.26. The summed E-state index contributed by atoms with van der Waals surface area (Å²) >= 11 is 0. The first kappa shape index (κ1) is 24.2. The molecule has 0 saturated carbocycles. The number of benzene rings is 1. The summed E-state index contributed by atoms with van der Waals surface area (Å²) in [5, 5.41) is 4.14. The van der Waals surface area contributed by atoms with Crippen molar-refractivity contribution in [3.8, 4) is 5.75 Å². The number of hydrogen-bond donors (Lipinski definition) is 0. The van der Waals surface area contributed by atoms with Crippen LogP contribution in [0.3, 0.4) is 0 Å². The maximum Gasteiger partial charge on any atom is 0.289 e. The molecular weight excluding hydrogens is 458 g/mol. The van der Waals surface area contributed by atoms with Crippen molar-refractivity contribution in [2.75, 3.05) is 27.2 Å². The molecule has 0 bridgehead atoms. The Kier molecular flexibility index (Phi) is 7.11. The summed E-state index contributed by atoms with van der Waals surface area (Å²) < 4.78 is 16.3. The highest BCUT2D eigenvalue weighted by molar-refractivity contribution is 5.94. The first-order chi connectivity index (χ1) is 17.5. The number of amides is 2. The molecule has 3 aromatic rings. The third kappa shape index (κ3) is 4.90. The predicted octanol–water partition coefficient (Wildman–Crippen LogP) is 4.39. The molecule has 1 aliphatic heterocycles. The molecule has 1 fully saturated rings. The standard InChI is InChI=1S/C28H33N3O5/c1-30(27(32)25-11-6-16-35-25)23(18-19-7-5-8-21(17-19)34-2)20-12-14-31(15-13-20)28(33)26-22-9-3-4-10-24(22)36-29-26/h5-8,11,16-17,20,23H,3-4,9-10,12-15,18H2,1-2H3. The number of carbonyl (C=O) groups is 2. The Balaban J connectivity index is 1.31. The molecule has 0 radical (unpaired) electrons. The fourth-order valence-corrected chi connectivity index (χ4v) is 5.58. The summed E-state index contributed by atoms with van der Waals surface area (Å²) in [5.74, 6) is 2.05. The lowest BCUT2D eigenvalue weighted by Gasteiger charge is -2.39. The van der Waals surface area contributed by atoms with Crippen molar-refractivity contribution < 1.29 is 23.3 Å². The highest BCUT2D eigenvalue weighted by Crippen LogP contribution is 2.30. The van der Waals surface area contributed by atoms with E-state index in [2.05, 4.69) is 11.2 Å². The minimum atomic E-state index is -0.138. The molecule has 1 saturated heterocycles. The third-order valence-corrected chi connectivity index (χ3v) is 7.65. The molecule has 8 nitrogen and oxygen atoms in total. The summed E-state index contributed by atoms with van der Waals surface area (Å²) in [5.41, 5.74) is 2.58. The van der Waals surface area contributed by atoms with Gasteiger partial charge in [0.2, 0.25) is 0 Å². The zero-order valence-electron chi connectivity index (χ0n) is 20.9. The van der Waals surface area contributed by atoms with Gasteiger partial charge >= 0.3 is 0 Å². The van der Waals surface area contributed by atoms with Gasteiger partial charge in [-0.15, -0.1) is 0 Å². The van der Waals surface area contributed by atoms with Crippen molar-refractivity contribution in [1.29, 1.82) is 0 Å². The molecule has 1 unspecified atom stereocenters. The predicted molar refractivity (Wildman–Crippen MR) is 133 cm³/mol. The summed E-state index contributed by atoms with van der Waals surface area (Å²) in [6, 6.07) is 11.3. The number of methoxy groups -OCH3 is 1. The van der Waals surface area contributed by atoms with E-state index in [9.17, 15) is 9.59 Å². The SMILES string of the molecule is COc1cccc(CC(C2CCN(C(=O)c3noc4c3CCCC4)CC2)N(C)C(=O)c2ccco2)c1. The van der Waals surface area contributed by atoms with Gasteiger partial charge in [-0.3, -0.25) is 9.59 Å². The molecule has 36 heavy (non-hydrogen) atoms. The fourth-order valence-electron chi connectivity index (χ4n) is 5.58. The average molecular weight is 492 g/mol. The normalized spacial score (nSPS) is 16.9. The van der Waals surface area contributed by atoms with Crippen LogP contribution in [0.5, 0.6) is 5.75 Å². The molecule has 0 N–H and O–H groups in total. The second-order valence-corrected chi connectivity index (χ2v) is 9.79. The second kappa shape index (κ2) is 10.6. The zero-order valence-corrected chi connectivity index (χ0v) is 20.9. The van der Waals surface area contributed by atoms with Crippen LogP contribution in [-0.2, 0) is 19.3 Å². The molecule has 1 aliphatic carbocycles. The van der Waals surface area contributed by atoms with Crippen molar-refractivity contribution in [2.45, 2.75) is 51.0 Å². The van der Waals surface area contributed by atoms with Crippen LogP contribution < -0.4 is 4.74 Å². The molecule has 3 heterocycles. The van der Waals surface area contributed by atoms with Crippen LogP contribution in [0.1, 0.15) is 63.6 Å². The van der Waals surface area contributed by atoms with E-state index in [0.29, 0.717) is 31.0 Å². The molecule has 2 amide bonds. The minimum Gasteiger partial charge on any atom is -0.497 e. The first-order valence-electron chi connectivity index (χ1n) is 12.8. The lowest BCUT2D eigenvalue weighted by Crippen LogP contribution is -2.48. The van der Waals surface area contributed by atoms with Gasteiger partial charge in [-0.2, -0.15) is 0 Å². The molecule has 190 valence electrons. The third-order valence-electron chi connectivity index (χ3n) is 7.65. The van der Waals surface area contributed by atoms with Gasteiger partial charge in [0.25, 0.3) is 11.8 Å². The van der Waals surface area contributed by atoms with Crippen LogP contribution in [-0.4, -0.2) is 60.1 Å². The van der Waals surface area contributed by atoms with Crippen molar-refractivity contribution in [2.24, 2.45) is 5.92 Å². The highest BCUT2D eigenvalue weighted by Gasteiger charge is 2.35. The highest BCUT2D eigenvalue weighted by atomic mass is 16.5. The van der Waals surface area contributed by atoms with Crippen molar-refractivity contribution in [3.63, 3.8) is 0 Å². The number of carbonyl (C=O) groups excluding carboxylic acids is 2. The number of nitrogens with zero attached hydrogens (tertiary/aromatic N) is 3. The van der Waals surface area contributed by atoms with Gasteiger partial charge in [0.1, 0.15) is 11.5 Å². The van der Waals surface area contributed by atoms with Gasteiger partial charge in [0.05, 0.1) is 13.4 Å². The second-order valence-electron chi connectivity index (χ2n) is 9.79. The van der Waals surface area contributed by atoms with E-state index in [-0.39, 0.29) is 23.8 Å². The van der Waals surface area contributed by atoms with Gasteiger partial charge in [-0.1, -0.05) is 17.3 Å². The van der Waals surface area contributed by atoms with Gasteiger partial charge in [-0.25, -0.2) is 0 Å². The largest absolute Gasteiger partial charge is 0.497 e. The van der Waals surface area contributed by atoms with E-state index in [1.54, 1.807) is 24.1 Å². The van der Waals surface area contributed by atoms with Crippen LogP contribution in [0.4, 0.5) is 0 Å². The molecule has 1 atom stereocenters. The van der Waals surface area contributed by atoms with Crippen LogP contribution in [0.15, 0.2) is 51.6 Å². The monoisotopic (exact) mass is 491 g/mol.